The number of piperidine rings is 2. The van der Waals surface area contributed by atoms with Crippen molar-refractivity contribution in [2.45, 2.75) is 37.9 Å². The Balaban J connectivity index is 1.45. The van der Waals surface area contributed by atoms with Gasteiger partial charge in [-0.1, -0.05) is 6.07 Å². The molecule has 0 bridgehead atoms. The van der Waals surface area contributed by atoms with E-state index in [2.05, 4.69) is 25.6 Å². The topological polar surface area (TPSA) is 87.5 Å². The van der Waals surface area contributed by atoms with Crippen molar-refractivity contribution >= 4 is 23.2 Å². The van der Waals surface area contributed by atoms with E-state index in [-0.39, 0.29) is 11.9 Å². The summed E-state index contributed by atoms with van der Waals surface area (Å²) in [7, 11) is 0. The Labute approximate surface area is 173 Å². The van der Waals surface area contributed by atoms with Gasteiger partial charge in [-0.05, 0) is 37.9 Å². The molecular formula is C21H24FN7O. The van der Waals surface area contributed by atoms with Gasteiger partial charge in [-0.2, -0.15) is 0 Å². The van der Waals surface area contributed by atoms with E-state index >= 15 is 0 Å². The van der Waals surface area contributed by atoms with E-state index < -0.39 is 6.17 Å². The van der Waals surface area contributed by atoms with Crippen LogP contribution in [0, 0.1) is 0 Å². The molecule has 2 N–H and O–H groups in total. The number of nitrogens with zero attached hydrogens (tertiary/aromatic N) is 5. The van der Waals surface area contributed by atoms with Crippen molar-refractivity contribution < 1.29 is 9.18 Å². The molecule has 1 amide bonds. The number of nitrogens with one attached hydrogen (secondary N) is 2. The molecule has 9 heteroatoms. The van der Waals surface area contributed by atoms with Gasteiger partial charge < -0.3 is 10.6 Å². The van der Waals surface area contributed by atoms with Gasteiger partial charge in [-0.25, -0.2) is 19.3 Å². The summed E-state index contributed by atoms with van der Waals surface area (Å²) in [5.41, 5.74) is 2.19. The van der Waals surface area contributed by atoms with Crippen molar-refractivity contribution in [1.29, 1.82) is 0 Å². The normalized spacial score (nSPS) is 22.4. The third kappa shape index (κ3) is 3.60. The maximum absolute atomic E-state index is 14.2. The van der Waals surface area contributed by atoms with Gasteiger partial charge in [-0.15, -0.1) is 0 Å². The third-order valence-corrected chi connectivity index (χ3v) is 5.72. The number of rotatable bonds is 4. The van der Waals surface area contributed by atoms with E-state index in [1.807, 2.05) is 28.8 Å². The quantitative estimate of drug-likeness (QED) is 0.688. The molecule has 5 heterocycles. The molecule has 0 aliphatic carbocycles. The number of hydrogen-bond acceptors (Lipinski definition) is 6. The standard InChI is InChI=1S/C21H24FN7O/c22-14-7-8-23-10-16(14)27-18-5-3-4-15(26-18)17-11-24-19-12-25-20(13-29(17)19)28-9-2-1-6-21(28)30/h3-5,11-14,16,23H,1-2,6-10H2,(H,26,27)/t14-,16-/m0/s1. The number of alkyl halides is 1. The zero-order valence-electron chi connectivity index (χ0n) is 16.6. The third-order valence-electron chi connectivity index (χ3n) is 5.72. The van der Waals surface area contributed by atoms with Gasteiger partial charge >= 0.3 is 0 Å². The minimum Gasteiger partial charge on any atom is -0.363 e. The SMILES string of the molecule is O=C1CCCCN1c1cn2c(-c3cccc(N[C@H]4CNCC[C@@H]4F)n3)cnc2cn1. The Morgan fingerprint density at radius 2 is 2.13 bits per heavy atom. The molecular weight excluding hydrogens is 385 g/mol. The molecule has 0 radical (unpaired) electrons. The summed E-state index contributed by atoms with van der Waals surface area (Å²) < 4.78 is 16.1. The molecule has 3 aromatic heterocycles. The first-order valence-electron chi connectivity index (χ1n) is 10.4. The highest BCUT2D eigenvalue weighted by Crippen LogP contribution is 2.24. The van der Waals surface area contributed by atoms with E-state index in [0.29, 0.717) is 55.5 Å². The average Bonchev–Trinajstić information content (AvgIpc) is 3.19. The molecule has 0 unspecified atom stereocenters. The van der Waals surface area contributed by atoms with Crippen LogP contribution in [-0.4, -0.2) is 57.1 Å². The zero-order chi connectivity index (χ0) is 20.5. The summed E-state index contributed by atoms with van der Waals surface area (Å²) in [6.07, 6.45) is 7.30. The van der Waals surface area contributed by atoms with E-state index in [1.165, 1.54) is 0 Å². The number of imidazole rings is 1. The molecule has 0 saturated carbocycles. The van der Waals surface area contributed by atoms with Crippen molar-refractivity contribution in [2.24, 2.45) is 0 Å². The summed E-state index contributed by atoms with van der Waals surface area (Å²) in [6.45, 7) is 1.95. The molecule has 2 aliphatic rings. The molecule has 2 aliphatic heterocycles. The highest BCUT2D eigenvalue weighted by molar-refractivity contribution is 5.93. The fraction of sp³-hybridized carbons (Fsp3) is 0.429. The van der Waals surface area contributed by atoms with Crippen LogP contribution >= 0.6 is 0 Å². The molecule has 8 nitrogen and oxygen atoms in total. The van der Waals surface area contributed by atoms with Crippen LogP contribution in [-0.2, 0) is 4.79 Å². The first kappa shape index (κ1) is 18.9. The van der Waals surface area contributed by atoms with Crippen molar-refractivity contribution in [1.82, 2.24) is 24.7 Å². The fourth-order valence-corrected chi connectivity index (χ4v) is 4.07. The smallest absolute Gasteiger partial charge is 0.228 e. The summed E-state index contributed by atoms with van der Waals surface area (Å²) in [5, 5.41) is 6.42. The predicted octanol–water partition coefficient (Wildman–Crippen LogP) is 2.42. The van der Waals surface area contributed by atoms with E-state index in [9.17, 15) is 9.18 Å². The number of hydrogen-bond donors (Lipinski definition) is 2. The van der Waals surface area contributed by atoms with E-state index in [1.54, 1.807) is 17.3 Å². The molecule has 2 fully saturated rings. The van der Waals surface area contributed by atoms with Crippen LogP contribution in [0.3, 0.4) is 0 Å². The highest BCUT2D eigenvalue weighted by Gasteiger charge is 2.25. The number of anilines is 2. The first-order valence-corrected chi connectivity index (χ1v) is 10.4. The van der Waals surface area contributed by atoms with E-state index in [4.69, 9.17) is 0 Å². The van der Waals surface area contributed by atoms with Crippen LogP contribution in [0.1, 0.15) is 25.7 Å². The van der Waals surface area contributed by atoms with Crippen LogP contribution in [0.25, 0.3) is 17.0 Å². The van der Waals surface area contributed by atoms with Gasteiger partial charge in [0.05, 0.1) is 36.0 Å². The largest absolute Gasteiger partial charge is 0.363 e. The van der Waals surface area contributed by atoms with Crippen LogP contribution in [0.5, 0.6) is 0 Å². The van der Waals surface area contributed by atoms with Gasteiger partial charge in [-0.3, -0.25) is 14.1 Å². The monoisotopic (exact) mass is 409 g/mol. The summed E-state index contributed by atoms with van der Waals surface area (Å²) in [5.74, 6) is 1.34. The maximum atomic E-state index is 14.2. The Morgan fingerprint density at radius 1 is 1.20 bits per heavy atom. The zero-order valence-corrected chi connectivity index (χ0v) is 16.6. The van der Waals surface area contributed by atoms with Crippen molar-refractivity contribution in [3.63, 3.8) is 0 Å². The Kier molecular flexibility index (Phi) is 5.04. The number of pyridine rings is 1. The van der Waals surface area contributed by atoms with Crippen molar-refractivity contribution in [2.75, 3.05) is 29.9 Å². The van der Waals surface area contributed by atoms with Crippen LogP contribution in [0.15, 0.2) is 36.8 Å². The second-order valence-corrected chi connectivity index (χ2v) is 7.79. The Morgan fingerprint density at radius 3 is 3.00 bits per heavy atom. The van der Waals surface area contributed by atoms with Crippen molar-refractivity contribution in [3.8, 4) is 11.4 Å². The summed E-state index contributed by atoms with van der Waals surface area (Å²) in [6, 6.07) is 5.33. The summed E-state index contributed by atoms with van der Waals surface area (Å²) in [4.78, 5) is 27.6. The lowest BCUT2D eigenvalue weighted by atomic mass is 10.1. The van der Waals surface area contributed by atoms with Gasteiger partial charge in [0.25, 0.3) is 0 Å². The predicted molar refractivity (Wildman–Crippen MR) is 112 cm³/mol. The lowest BCUT2D eigenvalue weighted by molar-refractivity contribution is -0.119. The Hall–Kier alpha value is -3.07. The number of carbonyl (C=O) groups excluding carboxylic acids is 1. The average molecular weight is 409 g/mol. The molecule has 2 saturated heterocycles. The number of aromatic nitrogens is 4. The van der Waals surface area contributed by atoms with Crippen LogP contribution < -0.4 is 15.5 Å². The number of halogens is 1. The molecule has 0 spiro atoms. The fourth-order valence-electron chi connectivity index (χ4n) is 4.07. The second-order valence-electron chi connectivity index (χ2n) is 7.79. The first-order chi connectivity index (χ1) is 14.7. The van der Waals surface area contributed by atoms with Gasteiger partial charge in [0.15, 0.2) is 11.5 Å². The lowest BCUT2D eigenvalue weighted by Gasteiger charge is -2.28. The molecule has 5 rings (SSSR count). The van der Waals surface area contributed by atoms with Gasteiger partial charge in [0.2, 0.25) is 5.91 Å². The van der Waals surface area contributed by atoms with Crippen LogP contribution in [0.4, 0.5) is 16.0 Å². The number of fused-ring (bicyclic) bond motifs is 1. The summed E-state index contributed by atoms with van der Waals surface area (Å²) >= 11 is 0. The van der Waals surface area contributed by atoms with Crippen molar-refractivity contribution in [3.05, 3.63) is 36.8 Å². The molecule has 0 aromatic carbocycles. The molecule has 3 aromatic rings. The van der Waals surface area contributed by atoms with Crippen LogP contribution in [0.2, 0.25) is 0 Å². The van der Waals surface area contributed by atoms with E-state index in [0.717, 1.165) is 18.5 Å². The van der Waals surface area contributed by atoms with Gasteiger partial charge in [0.1, 0.15) is 12.0 Å². The Bertz CT molecular complexity index is 1070. The number of carbonyl (C=O) groups is 1. The molecule has 30 heavy (non-hydrogen) atoms. The van der Waals surface area contributed by atoms with Gasteiger partial charge in [0, 0.05) is 19.5 Å². The minimum absolute atomic E-state index is 0.0981. The second kappa shape index (κ2) is 7.98. The maximum Gasteiger partial charge on any atom is 0.228 e. The molecule has 156 valence electrons. The highest BCUT2D eigenvalue weighted by atomic mass is 19.1. The minimum atomic E-state index is -0.900. The lowest BCUT2D eigenvalue weighted by Crippen LogP contribution is -2.46. The number of amides is 1. The molecule has 2 atom stereocenters.